The summed E-state index contributed by atoms with van der Waals surface area (Å²) in [5.74, 6) is -0.757. The number of nitrogens with two attached hydrogens (primary N) is 1. The summed E-state index contributed by atoms with van der Waals surface area (Å²) in [6.07, 6.45) is 0.552. The number of carbonyl (C=O) groups is 2. The molecule has 1 atom stereocenters. The zero-order valence-electron chi connectivity index (χ0n) is 11.5. The van der Waals surface area contributed by atoms with E-state index < -0.39 is 6.04 Å². The van der Waals surface area contributed by atoms with Gasteiger partial charge in [-0.25, -0.2) is 4.39 Å². The Kier molecular flexibility index (Phi) is 6.66. The molecule has 20 heavy (non-hydrogen) atoms. The van der Waals surface area contributed by atoms with Crippen molar-refractivity contribution in [1.29, 1.82) is 0 Å². The summed E-state index contributed by atoms with van der Waals surface area (Å²) < 4.78 is 12.7. The lowest BCUT2D eigenvalue weighted by Gasteiger charge is -2.12. The monoisotopic (exact) mass is 281 g/mol. The highest BCUT2D eigenvalue weighted by atomic mass is 19.1. The average Bonchev–Trinajstić information content (AvgIpc) is 2.41. The van der Waals surface area contributed by atoms with Gasteiger partial charge in [-0.15, -0.1) is 0 Å². The quantitative estimate of drug-likeness (QED) is 0.674. The molecule has 1 aromatic rings. The first-order valence-corrected chi connectivity index (χ1v) is 6.57. The fourth-order valence-electron chi connectivity index (χ4n) is 1.68. The first-order valence-electron chi connectivity index (χ1n) is 6.57. The van der Waals surface area contributed by atoms with Gasteiger partial charge in [0.05, 0.1) is 6.04 Å². The number of hydrogen-bond acceptors (Lipinski definition) is 3. The van der Waals surface area contributed by atoms with Crippen LogP contribution >= 0.6 is 0 Å². The average molecular weight is 281 g/mol. The van der Waals surface area contributed by atoms with Gasteiger partial charge in [0.15, 0.2) is 0 Å². The van der Waals surface area contributed by atoms with Gasteiger partial charge in [0, 0.05) is 19.5 Å². The van der Waals surface area contributed by atoms with Gasteiger partial charge in [0.1, 0.15) is 5.82 Å². The van der Waals surface area contributed by atoms with E-state index in [4.69, 9.17) is 5.73 Å². The Hall–Kier alpha value is -1.95. The molecule has 0 radical (unpaired) electrons. The van der Waals surface area contributed by atoms with Gasteiger partial charge in [-0.2, -0.15) is 0 Å². The van der Waals surface area contributed by atoms with Crippen LogP contribution in [0.2, 0.25) is 0 Å². The highest BCUT2D eigenvalue weighted by molar-refractivity contribution is 5.82. The summed E-state index contributed by atoms with van der Waals surface area (Å²) in [7, 11) is 0. The van der Waals surface area contributed by atoms with Crippen LogP contribution in [0.25, 0.3) is 0 Å². The Morgan fingerprint density at radius 1 is 1.25 bits per heavy atom. The molecule has 1 aromatic carbocycles. The topological polar surface area (TPSA) is 84.2 Å². The second-order valence-electron chi connectivity index (χ2n) is 4.43. The zero-order chi connectivity index (χ0) is 15.0. The van der Waals surface area contributed by atoms with Crippen molar-refractivity contribution in [3.63, 3.8) is 0 Å². The molecule has 0 bridgehead atoms. The van der Waals surface area contributed by atoms with Crippen molar-refractivity contribution in [1.82, 2.24) is 10.6 Å². The summed E-state index contributed by atoms with van der Waals surface area (Å²) in [6.45, 7) is 2.65. The Morgan fingerprint density at radius 3 is 2.50 bits per heavy atom. The molecule has 1 rings (SSSR count). The predicted molar refractivity (Wildman–Crippen MR) is 74.4 cm³/mol. The molecule has 0 aromatic heterocycles. The van der Waals surface area contributed by atoms with Crippen LogP contribution in [0, 0.1) is 5.82 Å². The maximum absolute atomic E-state index is 12.7. The fourth-order valence-corrected chi connectivity index (χ4v) is 1.68. The standard InChI is InChI=1S/C14H20FN3O2/c1-2-17-13(19)7-8-18-14(20)12(16)9-10-3-5-11(15)6-4-10/h3-6,12H,2,7-9,16H2,1H3,(H,17,19)(H,18,20)/t12-/m0/s1. The minimum Gasteiger partial charge on any atom is -0.356 e. The molecule has 0 aliphatic heterocycles. The third-order valence-corrected chi connectivity index (χ3v) is 2.73. The van der Waals surface area contributed by atoms with Gasteiger partial charge in [0.2, 0.25) is 11.8 Å². The summed E-state index contributed by atoms with van der Waals surface area (Å²) in [5.41, 5.74) is 6.55. The number of nitrogens with one attached hydrogen (secondary N) is 2. The van der Waals surface area contributed by atoms with Gasteiger partial charge in [0.25, 0.3) is 0 Å². The minimum atomic E-state index is -0.713. The van der Waals surface area contributed by atoms with E-state index in [0.29, 0.717) is 13.0 Å². The maximum atomic E-state index is 12.7. The molecular weight excluding hydrogens is 261 g/mol. The number of rotatable bonds is 7. The second-order valence-corrected chi connectivity index (χ2v) is 4.43. The van der Waals surface area contributed by atoms with Crippen LogP contribution in [0.5, 0.6) is 0 Å². The zero-order valence-corrected chi connectivity index (χ0v) is 11.5. The first kappa shape index (κ1) is 16.1. The normalized spacial score (nSPS) is 11.8. The van der Waals surface area contributed by atoms with Gasteiger partial charge >= 0.3 is 0 Å². The Labute approximate surface area is 117 Å². The molecule has 0 saturated carbocycles. The van der Waals surface area contributed by atoms with E-state index >= 15 is 0 Å². The lowest BCUT2D eigenvalue weighted by Crippen LogP contribution is -2.43. The SMILES string of the molecule is CCNC(=O)CCNC(=O)[C@@H](N)Cc1ccc(F)cc1. The lowest BCUT2D eigenvalue weighted by molar-refractivity contribution is -0.123. The van der Waals surface area contributed by atoms with Crippen LogP contribution in [0.4, 0.5) is 4.39 Å². The molecule has 0 saturated heterocycles. The number of halogens is 1. The van der Waals surface area contributed by atoms with Gasteiger partial charge in [-0.05, 0) is 31.0 Å². The molecule has 5 nitrogen and oxygen atoms in total. The first-order chi connectivity index (χ1) is 9.52. The number of carbonyl (C=O) groups excluding carboxylic acids is 2. The van der Waals surface area contributed by atoms with Gasteiger partial charge in [-0.1, -0.05) is 12.1 Å². The van der Waals surface area contributed by atoms with Crippen LogP contribution in [0.15, 0.2) is 24.3 Å². The minimum absolute atomic E-state index is 0.111. The summed E-state index contributed by atoms with van der Waals surface area (Å²) in [5, 5.41) is 5.24. The van der Waals surface area contributed by atoms with Crippen molar-refractivity contribution in [3.8, 4) is 0 Å². The molecule has 0 spiro atoms. The summed E-state index contributed by atoms with van der Waals surface area (Å²) >= 11 is 0. The summed E-state index contributed by atoms with van der Waals surface area (Å²) in [4.78, 5) is 22.9. The number of amides is 2. The highest BCUT2D eigenvalue weighted by Gasteiger charge is 2.14. The summed E-state index contributed by atoms with van der Waals surface area (Å²) in [6, 6.07) is 5.13. The number of hydrogen-bond donors (Lipinski definition) is 3. The van der Waals surface area contributed by atoms with Crippen molar-refractivity contribution in [2.24, 2.45) is 5.73 Å². The van der Waals surface area contributed by atoms with E-state index in [9.17, 15) is 14.0 Å². The van der Waals surface area contributed by atoms with Crippen molar-refractivity contribution < 1.29 is 14.0 Å². The number of benzene rings is 1. The Balaban J connectivity index is 2.32. The van der Waals surface area contributed by atoms with Crippen LogP contribution < -0.4 is 16.4 Å². The molecule has 6 heteroatoms. The van der Waals surface area contributed by atoms with Gasteiger partial charge < -0.3 is 16.4 Å². The Morgan fingerprint density at radius 2 is 1.90 bits per heavy atom. The van der Waals surface area contributed by atoms with E-state index in [0.717, 1.165) is 5.56 Å². The molecule has 4 N–H and O–H groups in total. The third kappa shape index (κ3) is 5.79. The third-order valence-electron chi connectivity index (χ3n) is 2.73. The molecular formula is C14H20FN3O2. The predicted octanol–water partition coefficient (Wildman–Crippen LogP) is 0.338. The lowest BCUT2D eigenvalue weighted by atomic mass is 10.1. The molecule has 110 valence electrons. The van der Waals surface area contributed by atoms with Crippen LogP contribution in [0.3, 0.4) is 0 Å². The van der Waals surface area contributed by atoms with Crippen molar-refractivity contribution in [3.05, 3.63) is 35.6 Å². The van der Waals surface area contributed by atoms with E-state index in [1.165, 1.54) is 12.1 Å². The molecule has 0 fully saturated rings. The second kappa shape index (κ2) is 8.27. The molecule has 0 aliphatic rings. The molecule has 2 amide bonds. The molecule has 0 heterocycles. The van der Waals surface area contributed by atoms with E-state index in [2.05, 4.69) is 10.6 Å². The molecule has 0 unspecified atom stereocenters. The van der Waals surface area contributed by atoms with Crippen molar-refractivity contribution in [2.75, 3.05) is 13.1 Å². The van der Waals surface area contributed by atoms with Crippen LogP contribution in [0.1, 0.15) is 18.9 Å². The van der Waals surface area contributed by atoms with E-state index in [1.54, 1.807) is 12.1 Å². The Bertz CT molecular complexity index is 448. The van der Waals surface area contributed by atoms with E-state index in [-0.39, 0.29) is 30.6 Å². The van der Waals surface area contributed by atoms with Crippen LogP contribution in [-0.4, -0.2) is 30.9 Å². The largest absolute Gasteiger partial charge is 0.356 e. The smallest absolute Gasteiger partial charge is 0.237 e. The van der Waals surface area contributed by atoms with E-state index in [1.807, 2.05) is 6.92 Å². The van der Waals surface area contributed by atoms with Crippen molar-refractivity contribution in [2.45, 2.75) is 25.8 Å². The maximum Gasteiger partial charge on any atom is 0.237 e. The van der Waals surface area contributed by atoms with Gasteiger partial charge in [-0.3, -0.25) is 9.59 Å². The molecule has 0 aliphatic carbocycles. The van der Waals surface area contributed by atoms with Crippen molar-refractivity contribution >= 4 is 11.8 Å². The van der Waals surface area contributed by atoms with Crippen LogP contribution in [-0.2, 0) is 16.0 Å². The highest BCUT2D eigenvalue weighted by Crippen LogP contribution is 2.05. The fraction of sp³-hybridized carbons (Fsp3) is 0.429.